The summed E-state index contributed by atoms with van der Waals surface area (Å²) in [6.07, 6.45) is 1.38. The minimum absolute atomic E-state index is 0.133. The third kappa shape index (κ3) is 2.91. The predicted octanol–water partition coefficient (Wildman–Crippen LogP) is 4.54. The van der Waals surface area contributed by atoms with Crippen molar-refractivity contribution in [3.05, 3.63) is 31.2 Å². The number of carbonyl (C=O) groups is 3. The van der Waals surface area contributed by atoms with E-state index in [2.05, 4.69) is 0 Å². The van der Waals surface area contributed by atoms with E-state index in [9.17, 15) is 19.5 Å². The fraction of sp³-hybridized carbons (Fsp3) is 0.357. The van der Waals surface area contributed by atoms with Crippen LogP contribution in [0.3, 0.4) is 0 Å². The average Bonchev–Trinajstić information content (AvgIpc) is 2.75. The van der Waals surface area contributed by atoms with Gasteiger partial charge in [0.1, 0.15) is 6.04 Å². The zero-order valence-electron chi connectivity index (χ0n) is 11.8. The molecule has 9 heteroatoms. The number of fused-ring (bicyclic) bond motifs is 1. The molecule has 5 nitrogen and oxygen atoms in total. The van der Waals surface area contributed by atoms with Crippen LogP contribution >= 0.6 is 46.4 Å². The summed E-state index contributed by atoms with van der Waals surface area (Å²) in [4.78, 5) is 37.2. The van der Waals surface area contributed by atoms with Crippen molar-refractivity contribution in [3.63, 3.8) is 0 Å². The molecule has 0 radical (unpaired) electrons. The number of benzene rings is 1. The number of unbranched alkanes of at least 4 members (excludes halogenated alkanes) is 1. The highest BCUT2D eigenvalue weighted by Crippen LogP contribution is 2.45. The second kappa shape index (κ2) is 6.85. The number of halogens is 4. The van der Waals surface area contributed by atoms with Gasteiger partial charge in [-0.1, -0.05) is 66.2 Å². The van der Waals surface area contributed by atoms with Crippen LogP contribution in [0.1, 0.15) is 46.9 Å². The zero-order valence-corrected chi connectivity index (χ0v) is 14.9. The Kier molecular flexibility index (Phi) is 5.46. The molecule has 1 atom stereocenters. The normalized spacial score (nSPS) is 15.1. The van der Waals surface area contributed by atoms with Crippen LogP contribution in [0.5, 0.6) is 0 Å². The molecule has 0 bridgehead atoms. The summed E-state index contributed by atoms with van der Waals surface area (Å²) < 4.78 is 0. The molecule has 1 aromatic carbocycles. The number of carboxylic acids is 1. The lowest BCUT2D eigenvalue weighted by Gasteiger charge is -2.22. The number of carboxylic acid groups (broad SMARTS) is 1. The fourth-order valence-corrected chi connectivity index (χ4v) is 3.42. The molecule has 0 fully saturated rings. The lowest BCUT2D eigenvalue weighted by atomic mass is 10.1. The van der Waals surface area contributed by atoms with Crippen molar-refractivity contribution in [2.24, 2.45) is 0 Å². The van der Waals surface area contributed by atoms with Crippen molar-refractivity contribution in [1.29, 1.82) is 0 Å². The smallest absolute Gasteiger partial charge is 0.326 e. The molecule has 1 aromatic rings. The van der Waals surface area contributed by atoms with Gasteiger partial charge in [0.15, 0.2) is 0 Å². The third-order valence-electron chi connectivity index (χ3n) is 3.56. The molecule has 1 aliphatic rings. The van der Waals surface area contributed by atoms with Crippen LogP contribution < -0.4 is 0 Å². The van der Waals surface area contributed by atoms with Crippen LogP contribution in [0.25, 0.3) is 0 Å². The average molecular weight is 399 g/mol. The van der Waals surface area contributed by atoms with Crippen molar-refractivity contribution < 1.29 is 19.5 Å². The van der Waals surface area contributed by atoms with Crippen molar-refractivity contribution in [2.75, 3.05) is 0 Å². The predicted molar refractivity (Wildman–Crippen MR) is 87.9 cm³/mol. The van der Waals surface area contributed by atoms with Gasteiger partial charge in [-0.25, -0.2) is 4.79 Å². The van der Waals surface area contributed by atoms with E-state index >= 15 is 0 Å². The van der Waals surface area contributed by atoms with E-state index in [0.29, 0.717) is 17.7 Å². The largest absolute Gasteiger partial charge is 0.480 e. The van der Waals surface area contributed by atoms with Gasteiger partial charge in [0.25, 0.3) is 11.8 Å². The van der Waals surface area contributed by atoms with Gasteiger partial charge in [-0.3, -0.25) is 14.5 Å². The van der Waals surface area contributed by atoms with Crippen molar-refractivity contribution in [1.82, 2.24) is 4.90 Å². The van der Waals surface area contributed by atoms with Gasteiger partial charge < -0.3 is 5.11 Å². The second-order valence-electron chi connectivity index (χ2n) is 4.98. The van der Waals surface area contributed by atoms with E-state index < -0.39 is 23.8 Å². The van der Waals surface area contributed by atoms with Gasteiger partial charge in [0.05, 0.1) is 31.2 Å². The molecule has 0 unspecified atom stereocenters. The first-order valence-corrected chi connectivity index (χ1v) is 8.21. The molecule has 0 aliphatic carbocycles. The summed E-state index contributed by atoms with van der Waals surface area (Å²) in [5.41, 5.74) is -0.419. The van der Waals surface area contributed by atoms with Gasteiger partial charge in [0.2, 0.25) is 0 Å². The third-order valence-corrected chi connectivity index (χ3v) is 5.36. The van der Waals surface area contributed by atoms with Gasteiger partial charge in [-0.05, 0) is 6.42 Å². The quantitative estimate of drug-likeness (QED) is 0.448. The van der Waals surface area contributed by atoms with E-state index in [1.807, 2.05) is 6.92 Å². The molecule has 1 N–H and O–H groups in total. The Morgan fingerprint density at radius 1 is 1.00 bits per heavy atom. The number of nitrogens with zero attached hydrogens (tertiary/aromatic N) is 1. The number of amides is 2. The molecule has 2 amide bonds. The van der Waals surface area contributed by atoms with E-state index in [1.54, 1.807) is 0 Å². The van der Waals surface area contributed by atoms with Crippen LogP contribution in [0, 0.1) is 0 Å². The summed E-state index contributed by atoms with van der Waals surface area (Å²) >= 11 is 23.8. The van der Waals surface area contributed by atoms with Crippen LogP contribution in [-0.2, 0) is 4.79 Å². The minimum Gasteiger partial charge on any atom is -0.480 e. The van der Waals surface area contributed by atoms with E-state index in [0.717, 1.165) is 0 Å². The SMILES string of the molecule is CCCC[C@@H](C(=O)O)N1C(=O)c2c(Cl)c(Cl)c(Cl)c(Cl)c2C1=O. The van der Waals surface area contributed by atoms with Crippen molar-refractivity contribution in [3.8, 4) is 0 Å². The molecule has 0 saturated heterocycles. The monoisotopic (exact) mass is 397 g/mol. The number of rotatable bonds is 5. The van der Waals surface area contributed by atoms with Gasteiger partial charge >= 0.3 is 5.97 Å². The first-order valence-electron chi connectivity index (χ1n) is 6.70. The Hall–Kier alpha value is -1.01. The Labute approximate surface area is 152 Å². The number of imide groups is 1. The number of aliphatic carboxylic acids is 1. The summed E-state index contributed by atoms with van der Waals surface area (Å²) in [5.74, 6) is -2.95. The zero-order chi connectivity index (χ0) is 17.5. The van der Waals surface area contributed by atoms with Crippen LogP contribution in [0.15, 0.2) is 0 Å². The summed E-state index contributed by atoms with van der Waals surface area (Å²) in [6, 6.07) is -1.30. The molecule has 0 spiro atoms. The van der Waals surface area contributed by atoms with Crippen LogP contribution in [-0.4, -0.2) is 33.8 Å². The van der Waals surface area contributed by atoms with Crippen molar-refractivity contribution in [2.45, 2.75) is 32.2 Å². The van der Waals surface area contributed by atoms with Gasteiger partial charge in [-0.15, -0.1) is 0 Å². The summed E-state index contributed by atoms with van der Waals surface area (Å²) in [5, 5.41) is 8.63. The molecule has 0 aromatic heterocycles. The highest BCUT2D eigenvalue weighted by atomic mass is 35.5. The first kappa shape index (κ1) is 18.3. The highest BCUT2D eigenvalue weighted by Gasteiger charge is 2.46. The maximum absolute atomic E-state index is 12.5. The molecule has 0 saturated carbocycles. The number of hydrogen-bond donors (Lipinski definition) is 1. The molecule has 124 valence electrons. The minimum atomic E-state index is -1.30. The Morgan fingerprint density at radius 2 is 1.43 bits per heavy atom. The Balaban J connectivity index is 2.59. The molecule has 23 heavy (non-hydrogen) atoms. The van der Waals surface area contributed by atoms with E-state index in [4.69, 9.17) is 46.4 Å². The lowest BCUT2D eigenvalue weighted by molar-refractivity contribution is -0.141. The Morgan fingerprint density at radius 3 is 1.78 bits per heavy atom. The molecular weight excluding hydrogens is 388 g/mol. The van der Waals surface area contributed by atoms with Crippen LogP contribution in [0.2, 0.25) is 20.1 Å². The molecular formula is C14H11Cl4NO4. The molecule has 2 rings (SSSR count). The molecule has 1 aliphatic heterocycles. The standard InChI is InChI=1S/C14H11Cl4NO4/c1-2-3-4-5(14(22)23)19-12(20)6-7(13(19)21)9(16)11(18)10(17)8(6)15/h5H,2-4H2,1H3,(H,22,23)/t5-/m0/s1. The topological polar surface area (TPSA) is 74.7 Å². The maximum Gasteiger partial charge on any atom is 0.326 e. The molecule has 1 heterocycles. The van der Waals surface area contributed by atoms with Crippen molar-refractivity contribution >= 4 is 64.2 Å². The second-order valence-corrected chi connectivity index (χ2v) is 6.49. The number of hydrogen-bond acceptors (Lipinski definition) is 3. The Bertz CT molecular complexity index is 672. The number of carbonyl (C=O) groups excluding carboxylic acids is 2. The maximum atomic E-state index is 12.5. The first-order chi connectivity index (χ1) is 10.7. The van der Waals surface area contributed by atoms with E-state index in [-0.39, 0.29) is 37.6 Å². The fourth-order valence-electron chi connectivity index (χ4n) is 2.41. The summed E-state index contributed by atoms with van der Waals surface area (Å²) in [7, 11) is 0. The van der Waals surface area contributed by atoms with Gasteiger partial charge in [-0.2, -0.15) is 0 Å². The van der Waals surface area contributed by atoms with Gasteiger partial charge in [0, 0.05) is 0 Å². The van der Waals surface area contributed by atoms with E-state index in [1.165, 1.54) is 0 Å². The van der Waals surface area contributed by atoms with Crippen LogP contribution in [0.4, 0.5) is 0 Å². The summed E-state index contributed by atoms with van der Waals surface area (Å²) in [6.45, 7) is 1.87. The lowest BCUT2D eigenvalue weighted by Crippen LogP contribution is -2.44. The highest BCUT2D eigenvalue weighted by molar-refractivity contribution is 6.55.